The van der Waals surface area contributed by atoms with Crippen molar-refractivity contribution in [2.45, 2.75) is 33.1 Å². The first-order valence-electron chi connectivity index (χ1n) is 4.88. The van der Waals surface area contributed by atoms with E-state index in [9.17, 15) is 8.42 Å². The molecule has 0 aliphatic carbocycles. The van der Waals surface area contributed by atoms with Crippen LogP contribution in [0.25, 0.3) is 0 Å². The molecule has 0 spiro atoms. The van der Waals surface area contributed by atoms with Gasteiger partial charge in [0.05, 0.1) is 5.75 Å². The third-order valence-corrected chi connectivity index (χ3v) is 3.20. The molecule has 0 amide bonds. The fourth-order valence-electron chi connectivity index (χ4n) is 0.881. The van der Waals surface area contributed by atoms with Crippen LogP contribution in [-0.2, 0) is 10.0 Å². The Morgan fingerprint density at radius 2 is 2.07 bits per heavy atom. The van der Waals surface area contributed by atoms with E-state index in [1.54, 1.807) is 0 Å². The maximum atomic E-state index is 11.3. The monoisotopic (exact) mass is 217 g/mol. The summed E-state index contributed by atoms with van der Waals surface area (Å²) in [7, 11) is -3.08. The minimum absolute atomic E-state index is 0.209. The lowest BCUT2D eigenvalue weighted by molar-refractivity contribution is 0.560. The van der Waals surface area contributed by atoms with Crippen LogP contribution in [0, 0.1) is 18.3 Å². The summed E-state index contributed by atoms with van der Waals surface area (Å²) >= 11 is 0. The molecule has 0 aliphatic rings. The molecule has 0 unspecified atom stereocenters. The second-order valence-corrected chi connectivity index (χ2v) is 5.63. The van der Waals surface area contributed by atoms with Gasteiger partial charge in [-0.2, -0.15) is 0 Å². The minimum Gasteiger partial charge on any atom is -0.215 e. The molecule has 0 aliphatic heterocycles. The van der Waals surface area contributed by atoms with E-state index in [0.717, 1.165) is 0 Å². The molecule has 0 aromatic heterocycles. The van der Waals surface area contributed by atoms with Crippen LogP contribution in [0.4, 0.5) is 0 Å². The fourth-order valence-corrected chi connectivity index (χ4v) is 2.26. The van der Waals surface area contributed by atoms with Crippen molar-refractivity contribution in [3.63, 3.8) is 0 Å². The number of nitrogens with one attached hydrogen (secondary N) is 1. The third-order valence-electron chi connectivity index (χ3n) is 1.78. The number of unbranched alkanes of at least 4 members (excludes halogenated alkanes) is 1. The molecule has 3 nitrogen and oxygen atoms in total. The van der Waals surface area contributed by atoms with Gasteiger partial charge in [0.15, 0.2) is 0 Å². The number of sulfonamides is 1. The summed E-state index contributed by atoms with van der Waals surface area (Å²) in [4.78, 5) is 0. The molecule has 82 valence electrons. The van der Waals surface area contributed by atoms with Crippen LogP contribution in [0.15, 0.2) is 0 Å². The van der Waals surface area contributed by atoms with Crippen LogP contribution in [0.2, 0.25) is 0 Å². The molecule has 0 bridgehead atoms. The summed E-state index contributed by atoms with van der Waals surface area (Å²) in [5.41, 5.74) is 0. The molecule has 0 saturated heterocycles. The topological polar surface area (TPSA) is 46.2 Å². The smallest absolute Gasteiger partial charge is 0.211 e. The van der Waals surface area contributed by atoms with Crippen molar-refractivity contribution in [2.24, 2.45) is 5.92 Å². The Morgan fingerprint density at radius 1 is 1.43 bits per heavy atom. The zero-order valence-electron chi connectivity index (χ0n) is 8.91. The molecular weight excluding hydrogens is 198 g/mol. The van der Waals surface area contributed by atoms with Gasteiger partial charge in [-0.3, -0.25) is 0 Å². The van der Waals surface area contributed by atoms with Crippen molar-refractivity contribution in [3.8, 4) is 12.3 Å². The Kier molecular flexibility index (Phi) is 6.60. The van der Waals surface area contributed by atoms with E-state index >= 15 is 0 Å². The minimum atomic E-state index is -3.08. The molecule has 0 heterocycles. The highest BCUT2D eigenvalue weighted by molar-refractivity contribution is 7.89. The van der Waals surface area contributed by atoms with Gasteiger partial charge in [-0.1, -0.05) is 13.8 Å². The standard InChI is InChI=1S/C10H19NO2S/c1-4-5-6-8-11-14(12,13)9-7-10(2)3/h1,10-11H,5-9H2,2-3H3. The molecular formula is C10H19NO2S. The molecule has 0 saturated carbocycles. The van der Waals surface area contributed by atoms with Gasteiger partial charge in [0.25, 0.3) is 0 Å². The highest BCUT2D eigenvalue weighted by Crippen LogP contribution is 2.01. The SMILES string of the molecule is C#CCCCNS(=O)(=O)CCC(C)C. The lowest BCUT2D eigenvalue weighted by Crippen LogP contribution is -2.27. The average molecular weight is 217 g/mol. The van der Waals surface area contributed by atoms with Gasteiger partial charge in [0.2, 0.25) is 10.0 Å². The summed E-state index contributed by atoms with van der Waals surface area (Å²) in [5.74, 6) is 3.09. The predicted molar refractivity (Wildman–Crippen MR) is 59.3 cm³/mol. The molecule has 0 aromatic rings. The van der Waals surface area contributed by atoms with Crippen LogP contribution < -0.4 is 4.72 Å². The summed E-state index contributed by atoms with van der Waals surface area (Å²) in [6, 6.07) is 0. The molecule has 0 rings (SSSR count). The van der Waals surface area contributed by atoms with Gasteiger partial charge in [-0.25, -0.2) is 13.1 Å². The Morgan fingerprint density at radius 3 is 2.57 bits per heavy atom. The Labute approximate surface area is 87.3 Å². The summed E-state index contributed by atoms with van der Waals surface area (Å²) in [6.45, 7) is 4.46. The lowest BCUT2D eigenvalue weighted by Gasteiger charge is -2.07. The van der Waals surface area contributed by atoms with Crippen LogP contribution in [-0.4, -0.2) is 20.7 Å². The Balaban J connectivity index is 3.69. The van der Waals surface area contributed by atoms with Crippen molar-refractivity contribution < 1.29 is 8.42 Å². The summed E-state index contributed by atoms with van der Waals surface area (Å²) < 4.78 is 25.2. The van der Waals surface area contributed by atoms with Gasteiger partial charge in [-0.15, -0.1) is 12.3 Å². The molecule has 0 fully saturated rings. The van der Waals surface area contributed by atoms with Crippen LogP contribution in [0.1, 0.15) is 33.1 Å². The first kappa shape index (κ1) is 13.5. The van der Waals surface area contributed by atoms with Gasteiger partial charge < -0.3 is 0 Å². The van der Waals surface area contributed by atoms with Crippen molar-refractivity contribution in [2.75, 3.05) is 12.3 Å². The number of rotatable bonds is 7. The van der Waals surface area contributed by atoms with Gasteiger partial charge in [-0.05, 0) is 18.8 Å². The maximum Gasteiger partial charge on any atom is 0.211 e. The first-order valence-corrected chi connectivity index (χ1v) is 6.54. The number of hydrogen-bond donors (Lipinski definition) is 1. The normalized spacial score (nSPS) is 11.6. The average Bonchev–Trinajstić information content (AvgIpc) is 2.10. The van der Waals surface area contributed by atoms with Crippen molar-refractivity contribution in [1.29, 1.82) is 0 Å². The second kappa shape index (κ2) is 6.86. The Hall–Kier alpha value is -0.530. The van der Waals surface area contributed by atoms with Crippen molar-refractivity contribution >= 4 is 10.0 Å². The first-order chi connectivity index (χ1) is 6.48. The maximum absolute atomic E-state index is 11.3. The number of terminal acetylenes is 1. The van der Waals surface area contributed by atoms with Gasteiger partial charge in [0.1, 0.15) is 0 Å². The second-order valence-electron chi connectivity index (χ2n) is 3.70. The van der Waals surface area contributed by atoms with Crippen LogP contribution >= 0.6 is 0 Å². The molecule has 0 atom stereocenters. The number of hydrogen-bond acceptors (Lipinski definition) is 2. The third kappa shape index (κ3) is 8.09. The summed E-state index contributed by atoms with van der Waals surface area (Å²) in [6.07, 6.45) is 7.07. The van der Waals surface area contributed by atoms with Crippen LogP contribution in [0.3, 0.4) is 0 Å². The predicted octanol–water partition coefficient (Wildman–Crippen LogP) is 1.37. The van der Waals surface area contributed by atoms with E-state index in [0.29, 0.717) is 31.7 Å². The molecule has 1 N–H and O–H groups in total. The van der Waals surface area contributed by atoms with E-state index < -0.39 is 10.0 Å². The fraction of sp³-hybridized carbons (Fsp3) is 0.800. The van der Waals surface area contributed by atoms with E-state index in [4.69, 9.17) is 6.42 Å². The quantitative estimate of drug-likeness (QED) is 0.517. The zero-order chi connectivity index (χ0) is 11.0. The molecule has 4 heteroatoms. The van der Waals surface area contributed by atoms with E-state index in [2.05, 4.69) is 10.6 Å². The van der Waals surface area contributed by atoms with Gasteiger partial charge >= 0.3 is 0 Å². The molecule has 0 radical (unpaired) electrons. The van der Waals surface area contributed by atoms with E-state index in [-0.39, 0.29) is 5.75 Å². The lowest BCUT2D eigenvalue weighted by atomic mass is 10.2. The molecule has 14 heavy (non-hydrogen) atoms. The van der Waals surface area contributed by atoms with E-state index in [1.807, 2.05) is 13.8 Å². The van der Waals surface area contributed by atoms with Crippen LogP contribution in [0.5, 0.6) is 0 Å². The highest BCUT2D eigenvalue weighted by Gasteiger charge is 2.09. The highest BCUT2D eigenvalue weighted by atomic mass is 32.2. The van der Waals surface area contributed by atoms with Gasteiger partial charge in [0, 0.05) is 13.0 Å². The molecule has 0 aromatic carbocycles. The zero-order valence-corrected chi connectivity index (χ0v) is 9.73. The van der Waals surface area contributed by atoms with E-state index in [1.165, 1.54) is 0 Å². The largest absolute Gasteiger partial charge is 0.215 e. The Bertz CT molecular complexity index is 275. The van der Waals surface area contributed by atoms with Crippen molar-refractivity contribution in [3.05, 3.63) is 0 Å². The summed E-state index contributed by atoms with van der Waals surface area (Å²) in [5, 5.41) is 0. The van der Waals surface area contributed by atoms with Crippen molar-refractivity contribution in [1.82, 2.24) is 4.72 Å².